The number of hydrogen-bond acceptors (Lipinski definition) is 3. The molecule has 0 unspecified atom stereocenters. The summed E-state index contributed by atoms with van der Waals surface area (Å²) in [5.74, 6) is 0. The van der Waals surface area contributed by atoms with Crippen LogP contribution in [0.4, 0.5) is 0 Å². The SMILES string of the molecule is CC1(C)OB(c2ccc3ccccc3c2-c2cccc3cccnc23)OC1(C)C. The molecule has 0 N–H and O–H groups in total. The zero-order valence-corrected chi connectivity index (χ0v) is 17.3. The molecule has 1 saturated heterocycles. The Balaban J connectivity index is 1.81. The average molecular weight is 381 g/mol. The van der Waals surface area contributed by atoms with Crippen molar-refractivity contribution in [3.8, 4) is 11.1 Å². The molecule has 0 saturated carbocycles. The molecule has 2 heterocycles. The Bertz CT molecular complexity index is 1210. The fourth-order valence-electron chi connectivity index (χ4n) is 4.06. The van der Waals surface area contributed by atoms with Crippen molar-refractivity contribution >= 4 is 34.3 Å². The number of hydrogen-bond donors (Lipinski definition) is 0. The first-order chi connectivity index (χ1) is 13.9. The van der Waals surface area contributed by atoms with Crippen LogP contribution in [-0.2, 0) is 9.31 Å². The lowest BCUT2D eigenvalue weighted by Crippen LogP contribution is -2.41. The number of fused-ring (bicyclic) bond motifs is 2. The van der Waals surface area contributed by atoms with Gasteiger partial charge in [0.25, 0.3) is 0 Å². The second kappa shape index (κ2) is 6.41. The first-order valence-corrected chi connectivity index (χ1v) is 10.1. The Kier molecular flexibility index (Phi) is 4.06. The van der Waals surface area contributed by atoms with Crippen molar-refractivity contribution in [3.63, 3.8) is 0 Å². The van der Waals surface area contributed by atoms with Gasteiger partial charge in [0.1, 0.15) is 0 Å². The predicted molar refractivity (Wildman–Crippen MR) is 120 cm³/mol. The van der Waals surface area contributed by atoms with Crippen molar-refractivity contribution in [1.82, 2.24) is 4.98 Å². The smallest absolute Gasteiger partial charge is 0.399 e. The summed E-state index contributed by atoms with van der Waals surface area (Å²) >= 11 is 0. The van der Waals surface area contributed by atoms with Gasteiger partial charge in [0, 0.05) is 17.1 Å². The highest BCUT2D eigenvalue weighted by Gasteiger charge is 2.52. The van der Waals surface area contributed by atoms with Gasteiger partial charge in [0.15, 0.2) is 0 Å². The zero-order chi connectivity index (χ0) is 20.2. The molecule has 3 nitrogen and oxygen atoms in total. The van der Waals surface area contributed by atoms with E-state index in [0.29, 0.717) is 0 Å². The van der Waals surface area contributed by atoms with Crippen LogP contribution in [0.15, 0.2) is 72.9 Å². The predicted octanol–water partition coefficient (Wildman–Crippen LogP) is 5.35. The van der Waals surface area contributed by atoms with E-state index < -0.39 is 18.3 Å². The van der Waals surface area contributed by atoms with Crippen LogP contribution in [0, 0.1) is 0 Å². The van der Waals surface area contributed by atoms with Gasteiger partial charge in [0.2, 0.25) is 0 Å². The fraction of sp³-hybridized carbons (Fsp3) is 0.240. The molecule has 0 atom stereocenters. The summed E-state index contributed by atoms with van der Waals surface area (Å²) < 4.78 is 12.9. The maximum Gasteiger partial charge on any atom is 0.495 e. The fourth-order valence-corrected chi connectivity index (χ4v) is 4.06. The number of pyridine rings is 1. The van der Waals surface area contributed by atoms with Crippen LogP contribution >= 0.6 is 0 Å². The maximum atomic E-state index is 6.43. The molecule has 0 aliphatic carbocycles. The molecule has 1 aliphatic heterocycles. The number of benzene rings is 3. The van der Waals surface area contributed by atoms with Gasteiger partial charge in [-0.05, 0) is 55.6 Å². The minimum absolute atomic E-state index is 0.391. The normalized spacial score (nSPS) is 17.9. The standard InChI is InChI=1S/C25H24BNO2/c1-24(2)25(3,4)29-26(28-24)21-15-14-17-9-5-6-12-19(17)22(21)20-13-7-10-18-11-8-16-27-23(18)20/h5-16H,1-4H3. The number of aromatic nitrogens is 1. The molecule has 3 aromatic carbocycles. The minimum Gasteiger partial charge on any atom is -0.399 e. The molecule has 0 bridgehead atoms. The van der Waals surface area contributed by atoms with E-state index in [4.69, 9.17) is 14.3 Å². The first kappa shape index (κ1) is 18.4. The Morgan fingerprint density at radius 1 is 0.724 bits per heavy atom. The molecule has 1 aliphatic rings. The Labute approximate surface area is 171 Å². The number of nitrogens with zero attached hydrogens (tertiary/aromatic N) is 1. The lowest BCUT2D eigenvalue weighted by Gasteiger charge is -2.32. The van der Waals surface area contributed by atoms with E-state index in [9.17, 15) is 0 Å². The van der Waals surface area contributed by atoms with E-state index in [1.165, 1.54) is 10.8 Å². The van der Waals surface area contributed by atoms with Gasteiger partial charge in [-0.1, -0.05) is 60.7 Å². The second-order valence-electron chi connectivity index (χ2n) is 8.72. The lowest BCUT2D eigenvalue weighted by molar-refractivity contribution is 0.00578. The second-order valence-corrected chi connectivity index (χ2v) is 8.72. The summed E-state index contributed by atoms with van der Waals surface area (Å²) in [6, 6.07) is 23.2. The van der Waals surface area contributed by atoms with Gasteiger partial charge in [-0.25, -0.2) is 0 Å². The van der Waals surface area contributed by atoms with Crippen LogP contribution < -0.4 is 5.46 Å². The Morgan fingerprint density at radius 3 is 2.21 bits per heavy atom. The third-order valence-electron chi connectivity index (χ3n) is 6.37. The first-order valence-electron chi connectivity index (χ1n) is 10.1. The van der Waals surface area contributed by atoms with Crippen LogP contribution in [0.3, 0.4) is 0 Å². The van der Waals surface area contributed by atoms with Crippen molar-refractivity contribution in [2.45, 2.75) is 38.9 Å². The zero-order valence-electron chi connectivity index (χ0n) is 17.3. The highest BCUT2D eigenvalue weighted by atomic mass is 16.7. The van der Waals surface area contributed by atoms with Crippen LogP contribution in [-0.4, -0.2) is 23.3 Å². The Morgan fingerprint density at radius 2 is 1.41 bits per heavy atom. The van der Waals surface area contributed by atoms with Gasteiger partial charge in [0.05, 0.1) is 16.7 Å². The summed E-state index contributed by atoms with van der Waals surface area (Å²) in [5.41, 5.74) is 3.48. The van der Waals surface area contributed by atoms with Crippen LogP contribution in [0.25, 0.3) is 32.8 Å². The van der Waals surface area contributed by atoms with Gasteiger partial charge in [-0.3, -0.25) is 4.98 Å². The van der Waals surface area contributed by atoms with Crippen LogP contribution in [0.1, 0.15) is 27.7 Å². The van der Waals surface area contributed by atoms with E-state index in [0.717, 1.165) is 27.5 Å². The molecule has 0 amide bonds. The summed E-state index contributed by atoms with van der Waals surface area (Å²) in [7, 11) is -0.432. The maximum absolute atomic E-state index is 6.43. The highest BCUT2D eigenvalue weighted by molar-refractivity contribution is 6.64. The molecule has 29 heavy (non-hydrogen) atoms. The molecule has 4 aromatic rings. The van der Waals surface area contributed by atoms with E-state index in [1.54, 1.807) is 0 Å². The van der Waals surface area contributed by atoms with Gasteiger partial charge in [-0.2, -0.15) is 0 Å². The number of para-hydroxylation sites is 1. The van der Waals surface area contributed by atoms with Crippen LogP contribution in [0.5, 0.6) is 0 Å². The molecule has 144 valence electrons. The van der Waals surface area contributed by atoms with E-state index >= 15 is 0 Å². The summed E-state index contributed by atoms with van der Waals surface area (Å²) in [5, 5.41) is 3.49. The lowest BCUT2D eigenvalue weighted by atomic mass is 9.72. The number of rotatable bonds is 2. The van der Waals surface area contributed by atoms with Gasteiger partial charge in [-0.15, -0.1) is 0 Å². The van der Waals surface area contributed by atoms with Crippen molar-refractivity contribution in [2.24, 2.45) is 0 Å². The third-order valence-corrected chi connectivity index (χ3v) is 6.37. The van der Waals surface area contributed by atoms with Crippen molar-refractivity contribution < 1.29 is 9.31 Å². The quantitative estimate of drug-likeness (QED) is 0.439. The van der Waals surface area contributed by atoms with Crippen molar-refractivity contribution in [2.75, 3.05) is 0 Å². The highest BCUT2D eigenvalue weighted by Crippen LogP contribution is 2.39. The molecule has 1 aromatic heterocycles. The molecule has 5 rings (SSSR count). The molecule has 0 spiro atoms. The molecular formula is C25H24BNO2. The third kappa shape index (κ3) is 2.86. The molecule has 1 fully saturated rings. The Hall–Kier alpha value is -2.69. The largest absolute Gasteiger partial charge is 0.495 e. The summed E-state index contributed by atoms with van der Waals surface area (Å²) in [6.07, 6.45) is 1.85. The molecule has 4 heteroatoms. The van der Waals surface area contributed by atoms with Crippen LogP contribution in [0.2, 0.25) is 0 Å². The van der Waals surface area contributed by atoms with E-state index in [-0.39, 0.29) is 0 Å². The molecule has 0 radical (unpaired) electrons. The topological polar surface area (TPSA) is 31.4 Å². The molecular weight excluding hydrogens is 357 g/mol. The summed E-state index contributed by atoms with van der Waals surface area (Å²) in [4.78, 5) is 4.71. The van der Waals surface area contributed by atoms with Crippen molar-refractivity contribution in [1.29, 1.82) is 0 Å². The van der Waals surface area contributed by atoms with Gasteiger partial charge < -0.3 is 9.31 Å². The van der Waals surface area contributed by atoms with E-state index in [2.05, 4.69) is 88.4 Å². The van der Waals surface area contributed by atoms with E-state index in [1.807, 2.05) is 12.3 Å². The van der Waals surface area contributed by atoms with Crippen molar-refractivity contribution in [3.05, 3.63) is 72.9 Å². The monoisotopic (exact) mass is 381 g/mol. The van der Waals surface area contributed by atoms with Gasteiger partial charge >= 0.3 is 7.12 Å². The summed E-state index contributed by atoms with van der Waals surface area (Å²) in [6.45, 7) is 8.36. The minimum atomic E-state index is -0.432. The average Bonchev–Trinajstić information content (AvgIpc) is 2.93.